The number of rotatable bonds is 5. The topological polar surface area (TPSA) is 94.9 Å². The third-order valence-corrected chi connectivity index (χ3v) is 5.45. The predicted octanol–water partition coefficient (Wildman–Crippen LogP) is 3.21. The zero-order valence-corrected chi connectivity index (χ0v) is 18.4. The van der Waals surface area contributed by atoms with Gasteiger partial charge in [-0.2, -0.15) is 14.5 Å². The Balaban J connectivity index is 2.09. The Morgan fingerprint density at radius 1 is 1.12 bits per heavy atom. The van der Waals surface area contributed by atoms with Crippen molar-refractivity contribution in [2.45, 2.75) is 27.0 Å². The van der Waals surface area contributed by atoms with Crippen LogP contribution in [0.4, 0.5) is 8.78 Å². The molecule has 0 spiro atoms. The highest BCUT2D eigenvalue weighted by Gasteiger charge is 2.22. The molecular formula is C22H18ClF2N5O3. The molecule has 2 aromatic heterocycles. The quantitative estimate of drug-likeness (QED) is 0.480. The van der Waals surface area contributed by atoms with E-state index in [1.807, 2.05) is 0 Å². The number of hydrogen-bond donors (Lipinski definition) is 1. The van der Waals surface area contributed by atoms with Gasteiger partial charge < -0.3 is 5.11 Å². The molecule has 0 aliphatic rings. The zero-order chi connectivity index (χ0) is 24.0. The maximum atomic E-state index is 15.2. The first-order chi connectivity index (χ1) is 15.7. The summed E-state index contributed by atoms with van der Waals surface area (Å²) in [5.41, 5.74) is -1.40. The third kappa shape index (κ3) is 3.57. The summed E-state index contributed by atoms with van der Waals surface area (Å²) in [5, 5.41) is 17.7. The molecule has 0 amide bonds. The van der Waals surface area contributed by atoms with E-state index in [4.69, 9.17) is 11.6 Å². The van der Waals surface area contributed by atoms with Gasteiger partial charge in [-0.05, 0) is 43.7 Å². The van der Waals surface area contributed by atoms with Crippen molar-refractivity contribution in [2.24, 2.45) is 0 Å². The highest BCUT2D eigenvalue weighted by Crippen LogP contribution is 2.27. The van der Waals surface area contributed by atoms with Gasteiger partial charge in [-0.3, -0.25) is 9.36 Å². The summed E-state index contributed by atoms with van der Waals surface area (Å²) in [6, 6.07) is 6.09. The van der Waals surface area contributed by atoms with Gasteiger partial charge in [0, 0.05) is 11.9 Å². The lowest BCUT2D eigenvalue weighted by molar-refractivity contribution is 0.264. The Hall–Kier alpha value is -3.63. The number of nitrogens with zero attached hydrogens (tertiary/aromatic N) is 5. The summed E-state index contributed by atoms with van der Waals surface area (Å²) < 4.78 is 32.5. The number of para-hydroxylation sites is 1. The first-order valence-corrected chi connectivity index (χ1v) is 10.2. The third-order valence-electron chi connectivity index (χ3n) is 5.14. The molecular weight excluding hydrogens is 456 g/mol. The minimum absolute atomic E-state index is 0.0538. The van der Waals surface area contributed by atoms with Crippen LogP contribution >= 0.6 is 11.6 Å². The maximum absolute atomic E-state index is 15.2. The molecule has 170 valence electrons. The number of halogens is 3. The van der Waals surface area contributed by atoms with E-state index in [0.29, 0.717) is 5.57 Å². The second-order valence-electron chi connectivity index (χ2n) is 7.28. The average Bonchev–Trinajstić information content (AvgIpc) is 3.10. The molecule has 0 aliphatic carbocycles. The van der Waals surface area contributed by atoms with Crippen LogP contribution in [0.1, 0.15) is 25.4 Å². The fraction of sp³-hybridized carbons (Fsp3) is 0.182. The van der Waals surface area contributed by atoms with Gasteiger partial charge in [-0.1, -0.05) is 24.2 Å². The smallest absolute Gasteiger partial charge is 0.350 e. The van der Waals surface area contributed by atoms with Gasteiger partial charge in [0.15, 0.2) is 11.6 Å². The lowest BCUT2D eigenvalue weighted by Crippen LogP contribution is -2.26. The fourth-order valence-corrected chi connectivity index (χ4v) is 3.84. The Labute approximate surface area is 190 Å². The molecule has 4 aromatic rings. The number of benzene rings is 2. The van der Waals surface area contributed by atoms with Crippen LogP contribution in [0.2, 0.25) is 5.02 Å². The maximum Gasteiger partial charge on any atom is 0.350 e. The van der Waals surface area contributed by atoms with E-state index in [2.05, 4.69) is 16.8 Å². The molecule has 0 aliphatic heterocycles. The second kappa shape index (κ2) is 8.38. The summed E-state index contributed by atoms with van der Waals surface area (Å²) in [6.45, 7) is 6.85. The largest absolute Gasteiger partial charge is 0.388 e. The van der Waals surface area contributed by atoms with Gasteiger partial charge in [0.1, 0.15) is 23.8 Å². The van der Waals surface area contributed by atoms with Crippen molar-refractivity contribution in [1.82, 2.24) is 24.1 Å². The van der Waals surface area contributed by atoms with E-state index >= 15 is 4.39 Å². The Kier molecular flexibility index (Phi) is 5.73. The molecule has 0 radical (unpaired) electrons. The van der Waals surface area contributed by atoms with Crippen molar-refractivity contribution in [3.63, 3.8) is 0 Å². The molecule has 4 rings (SSSR count). The van der Waals surface area contributed by atoms with Gasteiger partial charge in [0.05, 0.1) is 16.1 Å². The lowest BCUT2D eigenvalue weighted by Gasteiger charge is -2.14. The fourth-order valence-electron chi connectivity index (χ4n) is 3.60. The number of aromatic nitrogens is 5. The summed E-state index contributed by atoms with van der Waals surface area (Å²) in [7, 11) is 0. The second-order valence-corrected chi connectivity index (χ2v) is 7.69. The highest BCUT2D eigenvalue weighted by atomic mass is 35.5. The van der Waals surface area contributed by atoms with Crippen LogP contribution in [-0.2, 0) is 13.2 Å². The minimum Gasteiger partial charge on any atom is -0.388 e. The summed E-state index contributed by atoms with van der Waals surface area (Å²) >= 11 is 6.11. The number of fused-ring (bicyclic) bond motifs is 1. The zero-order valence-electron chi connectivity index (χ0n) is 17.6. The van der Waals surface area contributed by atoms with Crippen molar-refractivity contribution in [2.75, 3.05) is 0 Å². The number of allylic oxidation sites excluding steroid dienone is 1. The van der Waals surface area contributed by atoms with Crippen molar-refractivity contribution >= 4 is 27.9 Å². The molecule has 0 unspecified atom stereocenters. The Bertz CT molecular complexity index is 1530. The Morgan fingerprint density at radius 2 is 1.85 bits per heavy atom. The minimum atomic E-state index is -0.919. The van der Waals surface area contributed by atoms with E-state index in [1.165, 1.54) is 22.8 Å². The molecule has 33 heavy (non-hydrogen) atoms. The summed E-state index contributed by atoms with van der Waals surface area (Å²) in [6.07, 6.45) is 0. The van der Waals surface area contributed by atoms with Crippen LogP contribution in [0.3, 0.4) is 0 Å². The standard InChI is InChI=1S/C22H18ClF2N5O3/c1-4-28-18(10-31)26-29(22(28)33)17-9-12-13(8-16(17)25)21(32)30(27-19(12)11(2)3)20-14(23)6-5-7-15(20)24/h5-9,31H,2,4,10H2,1,3H3. The van der Waals surface area contributed by atoms with Gasteiger partial charge in [-0.15, -0.1) is 5.10 Å². The van der Waals surface area contributed by atoms with Crippen LogP contribution in [0, 0.1) is 11.6 Å². The van der Waals surface area contributed by atoms with Gasteiger partial charge in [0.25, 0.3) is 5.56 Å². The Morgan fingerprint density at radius 3 is 2.42 bits per heavy atom. The van der Waals surface area contributed by atoms with Crippen molar-refractivity contribution in [3.05, 3.63) is 85.9 Å². The number of aliphatic hydroxyl groups is 1. The van der Waals surface area contributed by atoms with Crippen molar-refractivity contribution in [3.8, 4) is 11.4 Å². The van der Waals surface area contributed by atoms with Crippen LogP contribution < -0.4 is 11.2 Å². The molecule has 11 heteroatoms. The SMILES string of the molecule is C=C(C)c1nn(-c2c(F)cccc2Cl)c(=O)c2cc(F)c(-n3nc(CO)n(CC)c3=O)cc12. The molecule has 2 aromatic carbocycles. The van der Waals surface area contributed by atoms with Gasteiger partial charge in [0.2, 0.25) is 0 Å². The van der Waals surface area contributed by atoms with Crippen molar-refractivity contribution < 1.29 is 13.9 Å². The predicted molar refractivity (Wildman–Crippen MR) is 120 cm³/mol. The van der Waals surface area contributed by atoms with Crippen molar-refractivity contribution in [1.29, 1.82) is 0 Å². The molecule has 0 fully saturated rings. The van der Waals surface area contributed by atoms with E-state index in [0.717, 1.165) is 21.5 Å². The van der Waals surface area contributed by atoms with Crippen LogP contribution in [0.15, 0.2) is 46.5 Å². The summed E-state index contributed by atoms with van der Waals surface area (Å²) in [5.74, 6) is -1.64. The first kappa shape index (κ1) is 22.6. The molecule has 2 heterocycles. The van der Waals surface area contributed by atoms with E-state index in [9.17, 15) is 19.1 Å². The molecule has 0 bridgehead atoms. The van der Waals surface area contributed by atoms with E-state index < -0.39 is 29.5 Å². The van der Waals surface area contributed by atoms with E-state index in [1.54, 1.807) is 13.8 Å². The van der Waals surface area contributed by atoms with Gasteiger partial charge >= 0.3 is 5.69 Å². The normalized spacial score (nSPS) is 11.3. The monoisotopic (exact) mass is 473 g/mol. The number of hydrogen-bond acceptors (Lipinski definition) is 5. The van der Waals surface area contributed by atoms with Crippen LogP contribution in [0.25, 0.3) is 27.7 Å². The van der Waals surface area contributed by atoms with E-state index in [-0.39, 0.29) is 45.2 Å². The lowest BCUT2D eigenvalue weighted by atomic mass is 10.1. The molecule has 1 N–H and O–H groups in total. The van der Waals surface area contributed by atoms with Crippen LogP contribution in [0.5, 0.6) is 0 Å². The average molecular weight is 474 g/mol. The summed E-state index contributed by atoms with van der Waals surface area (Å²) in [4.78, 5) is 25.9. The van der Waals surface area contributed by atoms with Crippen LogP contribution in [-0.4, -0.2) is 29.2 Å². The highest BCUT2D eigenvalue weighted by molar-refractivity contribution is 6.32. The molecule has 0 saturated heterocycles. The molecule has 0 saturated carbocycles. The molecule has 8 nitrogen and oxygen atoms in total. The van der Waals surface area contributed by atoms with Gasteiger partial charge in [-0.25, -0.2) is 13.6 Å². The number of aliphatic hydroxyl groups excluding tert-OH is 1. The molecule has 0 atom stereocenters. The first-order valence-electron chi connectivity index (χ1n) is 9.86.